The van der Waals surface area contributed by atoms with Gasteiger partial charge in [-0.05, 0) is 38.5 Å². The highest BCUT2D eigenvalue weighted by atomic mass is 16.2. The molecule has 0 radical (unpaired) electrons. The Morgan fingerprint density at radius 2 is 1.81 bits per heavy atom. The summed E-state index contributed by atoms with van der Waals surface area (Å²) in [7, 11) is 1.72. The minimum absolute atomic E-state index is 0.182. The number of aromatic nitrogens is 4. The molecule has 7 nitrogen and oxygen atoms in total. The van der Waals surface area contributed by atoms with Crippen LogP contribution in [0.3, 0.4) is 0 Å². The molecular weight excluding hydrogens is 342 g/mol. The van der Waals surface area contributed by atoms with Crippen LogP contribution in [0.15, 0.2) is 53.3 Å². The second kappa shape index (κ2) is 7.57. The van der Waals surface area contributed by atoms with E-state index in [1.54, 1.807) is 29.6 Å². The SMILES string of the molecule is Cc1cc(C)n(-c2ccc(=O)n(C(C)C(=O)N(C)Cc3ccccc3)n2)n1. The molecule has 2 heterocycles. The molecule has 140 valence electrons. The average molecular weight is 365 g/mol. The van der Waals surface area contributed by atoms with E-state index in [0.717, 1.165) is 17.0 Å². The third-order valence-electron chi connectivity index (χ3n) is 4.40. The van der Waals surface area contributed by atoms with Crippen molar-refractivity contribution in [2.45, 2.75) is 33.4 Å². The summed E-state index contributed by atoms with van der Waals surface area (Å²) in [5.74, 6) is 0.324. The van der Waals surface area contributed by atoms with E-state index >= 15 is 0 Å². The van der Waals surface area contributed by atoms with Crippen molar-refractivity contribution in [3.8, 4) is 5.82 Å². The third kappa shape index (κ3) is 3.97. The molecule has 3 rings (SSSR count). The minimum atomic E-state index is -0.719. The Balaban J connectivity index is 1.86. The van der Waals surface area contributed by atoms with E-state index in [-0.39, 0.29) is 11.5 Å². The van der Waals surface area contributed by atoms with Crippen molar-refractivity contribution in [2.24, 2.45) is 0 Å². The van der Waals surface area contributed by atoms with Crippen LogP contribution in [-0.4, -0.2) is 37.4 Å². The zero-order chi connectivity index (χ0) is 19.6. The molecule has 7 heteroatoms. The number of likely N-dealkylation sites (N-methyl/N-ethyl adjacent to an activating group) is 1. The van der Waals surface area contributed by atoms with Gasteiger partial charge in [-0.25, -0.2) is 9.36 Å². The van der Waals surface area contributed by atoms with Gasteiger partial charge in [-0.3, -0.25) is 9.59 Å². The second-order valence-electron chi connectivity index (χ2n) is 6.67. The topological polar surface area (TPSA) is 73.0 Å². The van der Waals surface area contributed by atoms with Crippen molar-refractivity contribution in [1.82, 2.24) is 24.5 Å². The first-order valence-corrected chi connectivity index (χ1v) is 8.79. The number of nitrogens with zero attached hydrogens (tertiary/aromatic N) is 5. The fourth-order valence-corrected chi connectivity index (χ4v) is 3.03. The van der Waals surface area contributed by atoms with Crippen LogP contribution in [0.5, 0.6) is 0 Å². The van der Waals surface area contributed by atoms with E-state index in [1.165, 1.54) is 10.7 Å². The number of rotatable bonds is 5. The van der Waals surface area contributed by atoms with Crippen LogP contribution >= 0.6 is 0 Å². The van der Waals surface area contributed by atoms with Crippen LogP contribution in [-0.2, 0) is 11.3 Å². The fourth-order valence-electron chi connectivity index (χ4n) is 3.03. The highest BCUT2D eigenvalue weighted by Gasteiger charge is 2.22. The van der Waals surface area contributed by atoms with E-state index in [1.807, 2.05) is 50.2 Å². The summed E-state index contributed by atoms with van der Waals surface area (Å²) in [4.78, 5) is 26.7. The highest BCUT2D eigenvalue weighted by molar-refractivity contribution is 5.79. The van der Waals surface area contributed by atoms with Crippen LogP contribution in [0.2, 0.25) is 0 Å². The van der Waals surface area contributed by atoms with Crippen molar-refractivity contribution >= 4 is 5.91 Å². The summed E-state index contributed by atoms with van der Waals surface area (Å²) in [5, 5.41) is 8.77. The number of benzene rings is 1. The van der Waals surface area contributed by atoms with E-state index < -0.39 is 6.04 Å². The van der Waals surface area contributed by atoms with E-state index in [2.05, 4.69) is 10.2 Å². The summed E-state index contributed by atoms with van der Waals surface area (Å²) in [5.41, 5.74) is 2.47. The molecule has 3 aromatic rings. The quantitative estimate of drug-likeness (QED) is 0.695. The first kappa shape index (κ1) is 18.6. The van der Waals surface area contributed by atoms with Gasteiger partial charge in [0.1, 0.15) is 6.04 Å². The van der Waals surface area contributed by atoms with Crippen LogP contribution in [0, 0.1) is 13.8 Å². The predicted molar refractivity (Wildman–Crippen MR) is 103 cm³/mol. The molecule has 1 aromatic carbocycles. The monoisotopic (exact) mass is 365 g/mol. The lowest BCUT2D eigenvalue weighted by Crippen LogP contribution is -2.38. The molecule has 0 aliphatic rings. The Bertz CT molecular complexity index is 1010. The minimum Gasteiger partial charge on any atom is -0.340 e. The Morgan fingerprint density at radius 3 is 2.44 bits per heavy atom. The van der Waals surface area contributed by atoms with Gasteiger partial charge in [0.25, 0.3) is 5.56 Å². The van der Waals surface area contributed by atoms with Crippen LogP contribution in [0.25, 0.3) is 5.82 Å². The predicted octanol–water partition coefficient (Wildman–Crippen LogP) is 2.27. The van der Waals surface area contributed by atoms with Gasteiger partial charge in [-0.1, -0.05) is 30.3 Å². The Hall–Kier alpha value is -3.22. The number of hydrogen-bond acceptors (Lipinski definition) is 4. The number of carbonyl (C=O) groups excluding carboxylic acids is 1. The lowest BCUT2D eigenvalue weighted by Gasteiger charge is -2.22. The summed E-state index contributed by atoms with van der Waals surface area (Å²) in [6.45, 7) is 5.96. The van der Waals surface area contributed by atoms with Crippen LogP contribution < -0.4 is 5.56 Å². The molecule has 0 fully saturated rings. The highest BCUT2D eigenvalue weighted by Crippen LogP contribution is 2.12. The molecule has 0 saturated heterocycles. The van der Waals surface area contributed by atoms with Crippen LogP contribution in [0.4, 0.5) is 0 Å². The Labute approximate surface area is 157 Å². The lowest BCUT2D eigenvalue weighted by atomic mass is 10.2. The van der Waals surface area contributed by atoms with Gasteiger partial charge in [0.05, 0.1) is 5.69 Å². The zero-order valence-electron chi connectivity index (χ0n) is 16.0. The first-order chi connectivity index (χ1) is 12.9. The molecule has 1 unspecified atom stereocenters. The largest absolute Gasteiger partial charge is 0.340 e. The van der Waals surface area contributed by atoms with E-state index in [9.17, 15) is 9.59 Å². The smallest absolute Gasteiger partial charge is 0.267 e. The van der Waals surface area contributed by atoms with E-state index in [4.69, 9.17) is 0 Å². The molecule has 1 atom stereocenters. The van der Waals surface area contributed by atoms with Gasteiger partial charge in [0, 0.05) is 25.4 Å². The second-order valence-corrected chi connectivity index (χ2v) is 6.67. The maximum Gasteiger partial charge on any atom is 0.267 e. The van der Waals surface area contributed by atoms with Crippen molar-refractivity contribution < 1.29 is 4.79 Å². The maximum atomic E-state index is 12.8. The number of hydrogen-bond donors (Lipinski definition) is 0. The number of carbonyl (C=O) groups is 1. The van der Waals surface area contributed by atoms with Gasteiger partial charge in [-0.15, -0.1) is 5.10 Å². The summed E-state index contributed by atoms with van der Waals surface area (Å²) >= 11 is 0. The van der Waals surface area contributed by atoms with E-state index in [0.29, 0.717) is 12.4 Å². The molecule has 2 aromatic heterocycles. The number of aryl methyl sites for hydroxylation is 2. The standard InChI is InChI=1S/C20H23N5O2/c1-14-12-15(2)24(21-14)18-10-11-19(26)25(22-18)16(3)20(27)23(4)13-17-8-6-5-7-9-17/h5-12,16H,13H2,1-4H3. The molecule has 0 saturated carbocycles. The molecule has 0 bridgehead atoms. The zero-order valence-corrected chi connectivity index (χ0v) is 16.0. The lowest BCUT2D eigenvalue weighted by molar-refractivity contribution is -0.133. The van der Waals surface area contributed by atoms with Gasteiger partial charge in [-0.2, -0.15) is 5.10 Å². The first-order valence-electron chi connectivity index (χ1n) is 8.79. The Kier molecular flexibility index (Phi) is 5.21. The van der Waals surface area contributed by atoms with Gasteiger partial charge in [0.15, 0.2) is 5.82 Å². The third-order valence-corrected chi connectivity index (χ3v) is 4.40. The van der Waals surface area contributed by atoms with Crippen LogP contribution in [0.1, 0.15) is 29.9 Å². The van der Waals surface area contributed by atoms with Gasteiger partial charge in [0.2, 0.25) is 5.91 Å². The summed E-state index contributed by atoms with van der Waals surface area (Å²) in [6.07, 6.45) is 0. The molecule has 0 spiro atoms. The molecule has 0 aliphatic heterocycles. The van der Waals surface area contributed by atoms with Crippen molar-refractivity contribution in [2.75, 3.05) is 7.05 Å². The molecule has 1 amide bonds. The van der Waals surface area contributed by atoms with Crippen molar-refractivity contribution in [3.05, 3.63) is 75.8 Å². The fraction of sp³-hybridized carbons (Fsp3) is 0.300. The number of amides is 1. The van der Waals surface area contributed by atoms with Crippen molar-refractivity contribution in [1.29, 1.82) is 0 Å². The van der Waals surface area contributed by atoms with Gasteiger partial charge >= 0.3 is 0 Å². The average Bonchev–Trinajstić information content (AvgIpc) is 3.00. The molecular formula is C20H23N5O2. The summed E-state index contributed by atoms with van der Waals surface area (Å²) in [6, 6.07) is 14.0. The maximum absolute atomic E-state index is 12.8. The summed E-state index contributed by atoms with van der Waals surface area (Å²) < 4.78 is 2.88. The van der Waals surface area contributed by atoms with Crippen molar-refractivity contribution in [3.63, 3.8) is 0 Å². The normalized spacial score (nSPS) is 12.0. The molecule has 0 N–H and O–H groups in total. The molecule has 27 heavy (non-hydrogen) atoms. The molecule has 0 aliphatic carbocycles. The van der Waals surface area contributed by atoms with Gasteiger partial charge < -0.3 is 4.90 Å². The Morgan fingerprint density at radius 1 is 1.11 bits per heavy atom.